The molecule has 0 bridgehead atoms. The van der Waals surface area contributed by atoms with Crippen LogP contribution in [-0.2, 0) is 0 Å². The molecule has 0 aliphatic carbocycles. The molecule has 0 saturated carbocycles. The zero-order valence-corrected chi connectivity index (χ0v) is 12.7. The Hall–Kier alpha value is -1.53. The Kier molecular flexibility index (Phi) is 4.11. The molecule has 0 heterocycles. The SMILES string of the molecule is O=C(Nc1cc(Br)ccc1Br)c1ccc(O)c(O)c1. The van der Waals surface area contributed by atoms with Crippen molar-refractivity contribution in [3.8, 4) is 11.5 Å². The molecule has 0 spiro atoms. The molecule has 0 radical (unpaired) electrons. The van der Waals surface area contributed by atoms with Crippen LogP contribution in [0.5, 0.6) is 11.5 Å². The van der Waals surface area contributed by atoms with Crippen LogP contribution in [0.4, 0.5) is 5.69 Å². The molecule has 0 unspecified atom stereocenters. The maximum absolute atomic E-state index is 12.0. The molecule has 0 saturated heterocycles. The molecule has 0 aliphatic rings. The number of hydrogen-bond acceptors (Lipinski definition) is 3. The lowest BCUT2D eigenvalue weighted by Crippen LogP contribution is -2.12. The van der Waals surface area contributed by atoms with Gasteiger partial charge in [-0.15, -0.1) is 0 Å². The minimum absolute atomic E-state index is 0.252. The molecule has 6 heteroatoms. The molecule has 2 aromatic rings. The molecule has 1 amide bonds. The number of carbonyl (C=O) groups is 1. The molecular weight excluding hydrogens is 378 g/mol. The number of carbonyl (C=O) groups excluding carboxylic acids is 1. The van der Waals surface area contributed by atoms with E-state index in [2.05, 4.69) is 37.2 Å². The highest BCUT2D eigenvalue weighted by Gasteiger charge is 2.11. The van der Waals surface area contributed by atoms with Crippen LogP contribution < -0.4 is 5.32 Å². The van der Waals surface area contributed by atoms with E-state index in [1.807, 2.05) is 6.07 Å². The van der Waals surface area contributed by atoms with Crippen molar-refractivity contribution >= 4 is 43.5 Å². The van der Waals surface area contributed by atoms with Crippen LogP contribution in [0.1, 0.15) is 10.4 Å². The molecule has 0 aliphatic heterocycles. The summed E-state index contributed by atoms with van der Waals surface area (Å²) in [7, 11) is 0. The number of aromatic hydroxyl groups is 2. The predicted octanol–water partition coefficient (Wildman–Crippen LogP) is 3.88. The molecule has 2 rings (SSSR count). The largest absolute Gasteiger partial charge is 0.504 e. The summed E-state index contributed by atoms with van der Waals surface area (Å²) in [6.07, 6.45) is 0. The summed E-state index contributed by atoms with van der Waals surface area (Å²) in [5.74, 6) is -0.977. The van der Waals surface area contributed by atoms with Crippen LogP contribution in [0.3, 0.4) is 0 Å². The van der Waals surface area contributed by atoms with E-state index in [9.17, 15) is 15.0 Å². The average molecular weight is 387 g/mol. The third kappa shape index (κ3) is 3.27. The molecule has 19 heavy (non-hydrogen) atoms. The van der Waals surface area contributed by atoms with Gasteiger partial charge in [0.1, 0.15) is 0 Å². The Bertz CT molecular complexity index is 644. The topological polar surface area (TPSA) is 69.6 Å². The molecule has 0 fully saturated rings. The first-order valence-corrected chi connectivity index (χ1v) is 6.84. The lowest BCUT2D eigenvalue weighted by atomic mass is 10.2. The average Bonchev–Trinajstić information content (AvgIpc) is 2.37. The molecule has 4 nitrogen and oxygen atoms in total. The first-order valence-electron chi connectivity index (χ1n) is 5.26. The summed E-state index contributed by atoms with van der Waals surface area (Å²) in [6.45, 7) is 0. The number of amides is 1. The number of phenolic OH excluding ortho intramolecular Hbond substituents is 2. The Morgan fingerprint density at radius 3 is 2.42 bits per heavy atom. The normalized spacial score (nSPS) is 10.2. The number of phenols is 2. The Labute approximate surface area is 126 Å². The molecule has 0 aromatic heterocycles. The van der Waals surface area contributed by atoms with E-state index in [0.29, 0.717) is 5.69 Å². The van der Waals surface area contributed by atoms with Crippen LogP contribution >= 0.6 is 31.9 Å². The maximum Gasteiger partial charge on any atom is 0.255 e. The van der Waals surface area contributed by atoms with E-state index in [4.69, 9.17) is 0 Å². The van der Waals surface area contributed by atoms with E-state index >= 15 is 0 Å². The van der Waals surface area contributed by atoms with Crippen molar-refractivity contribution in [1.82, 2.24) is 0 Å². The van der Waals surface area contributed by atoms with E-state index in [1.54, 1.807) is 12.1 Å². The van der Waals surface area contributed by atoms with Crippen LogP contribution in [-0.4, -0.2) is 16.1 Å². The number of benzene rings is 2. The van der Waals surface area contributed by atoms with Gasteiger partial charge in [-0.05, 0) is 52.3 Å². The predicted molar refractivity (Wildman–Crippen MR) is 79.6 cm³/mol. The second kappa shape index (κ2) is 5.63. The summed E-state index contributed by atoms with van der Waals surface area (Å²) in [4.78, 5) is 12.0. The van der Waals surface area contributed by atoms with Gasteiger partial charge in [0.25, 0.3) is 5.91 Å². The fraction of sp³-hybridized carbons (Fsp3) is 0. The quantitative estimate of drug-likeness (QED) is 0.686. The van der Waals surface area contributed by atoms with Crippen molar-refractivity contribution in [2.45, 2.75) is 0 Å². The summed E-state index contributed by atoms with van der Waals surface area (Å²) >= 11 is 6.65. The Balaban J connectivity index is 2.25. The summed E-state index contributed by atoms with van der Waals surface area (Å²) < 4.78 is 1.58. The third-order valence-electron chi connectivity index (χ3n) is 2.41. The van der Waals surface area contributed by atoms with E-state index in [0.717, 1.165) is 8.95 Å². The number of halogens is 2. The van der Waals surface area contributed by atoms with E-state index < -0.39 is 0 Å². The standard InChI is InChI=1S/C13H9Br2NO3/c14-8-2-3-9(15)10(6-8)16-13(19)7-1-4-11(17)12(18)5-7/h1-6,17-18H,(H,16,19). The lowest BCUT2D eigenvalue weighted by molar-refractivity contribution is 0.102. The van der Waals surface area contributed by atoms with Gasteiger partial charge in [0.15, 0.2) is 11.5 Å². The fourth-order valence-corrected chi connectivity index (χ4v) is 2.16. The molecule has 0 atom stereocenters. The van der Waals surface area contributed by atoms with Crippen molar-refractivity contribution in [3.05, 3.63) is 50.9 Å². The van der Waals surface area contributed by atoms with E-state index in [-0.39, 0.29) is 23.0 Å². The smallest absolute Gasteiger partial charge is 0.255 e. The molecule has 98 valence electrons. The fourth-order valence-electron chi connectivity index (χ4n) is 1.45. The van der Waals surface area contributed by atoms with Crippen molar-refractivity contribution in [3.63, 3.8) is 0 Å². The second-order valence-corrected chi connectivity index (χ2v) is 5.55. The minimum atomic E-state index is -0.380. The van der Waals surface area contributed by atoms with E-state index in [1.165, 1.54) is 18.2 Å². The van der Waals surface area contributed by atoms with Gasteiger partial charge >= 0.3 is 0 Å². The maximum atomic E-state index is 12.0. The van der Waals surface area contributed by atoms with Gasteiger partial charge in [-0.2, -0.15) is 0 Å². The van der Waals surface area contributed by atoms with Gasteiger partial charge in [0.2, 0.25) is 0 Å². The van der Waals surface area contributed by atoms with Gasteiger partial charge in [-0.1, -0.05) is 15.9 Å². The van der Waals surface area contributed by atoms with Crippen LogP contribution in [0.25, 0.3) is 0 Å². The van der Waals surface area contributed by atoms with Crippen molar-refractivity contribution < 1.29 is 15.0 Å². The highest BCUT2D eigenvalue weighted by atomic mass is 79.9. The lowest BCUT2D eigenvalue weighted by Gasteiger charge is -2.08. The van der Waals surface area contributed by atoms with Crippen molar-refractivity contribution in [2.24, 2.45) is 0 Å². The molecule has 2 aromatic carbocycles. The van der Waals surface area contributed by atoms with Crippen molar-refractivity contribution in [2.75, 3.05) is 5.32 Å². The zero-order chi connectivity index (χ0) is 14.0. The van der Waals surface area contributed by atoms with Gasteiger partial charge in [-0.25, -0.2) is 0 Å². The Morgan fingerprint density at radius 2 is 1.74 bits per heavy atom. The number of nitrogens with one attached hydrogen (secondary N) is 1. The molecular formula is C13H9Br2NO3. The first-order chi connectivity index (χ1) is 8.97. The summed E-state index contributed by atoms with van der Waals surface area (Å²) in [6, 6.07) is 9.29. The highest BCUT2D eigenvalue weighted by molar-refractivity contribution is 9.11. The first kappa shape index (κ1) is 13.9. The highest BCUT2D eigenvalue weighted by Crippen LogP contribution is 2.28. The summed E-state index contributed by atoms with van der Waals surface area (Å²) in [5.41, 5.74) is 0.856. The Morgan fingerprint density at radius 1 is 1.00 bits per heavy atom. The summed E-state index contributed by atoms with van der Waals surface area (Å²) in [5, 5.41) is 21.3. The third-order valence-corrected chi connectivity index (χ3v) is 3.60. The van der Waals surface area contributed by atoms with Gasteiger partial charge < -0.3 is 15.5 Å². The monoisotopic (exact) mass is 385 g/mol. The molecule has 3 N–H and O–H groups in total. The van der Waals surface area contributed by atoms with Crippen molar-refractivity contribution in [1.29, 1.82) is 0 Å². The van der Waals surface area contributed by atoms with Crippen LogP contribution in [0.2, 0.25) is 0 Å². The van der Waals surface area contributed by atoms with Crippen LogP contribution in [0.15, 0.2) is 45.3 Å². The van der Waals surface area contributed by atoms with Gasteiger partial charge in [0, 0.05) is 14.5 Å². The second-order valence-electron chi connectivity index (χ2n) is 3.78. The van der Waals surface area contributed by atoms with Gasteiger partial charge in [0.05, 0.1) is 5.69 Å². The number of hydrogen-bond donors (Lipinski definition) is 3. The van der Waals surface area contributed by atoms with Crippen LogP contribution in [0, 0.1) is 0 Å². The number of rotatable bonds is 2. The van der Waals surface area contributed by atoms with Gasteiger partial charge in [-0.3, -0.25) is 4.79 Å². The minimum Gasteiger partial charge on any atom is -0.504 e. The zero-order valence-electron chi connectivity index (χ0n) is 9.52. The number of anilines is 1.